The zero-order chi connectivity index (χ0) is 22.9. The normalized spacial score (nSPS) is 12.5. The summed E-state index contributed by atoms with van der Waals surface area (Å²) < 4.78 is 62.0. The van der Waals surface area contributed by atoms with Crippen LogP contribution in [0.25, 0.3) is 11.3 Å². The van der Waals surface area contributed by atoms with Crippen LogP contribution in [0.15, 0.2) is 54.6 Å². The quantitative estimate of drug-likeness (QED) is 0.327. The molecule has 2 heterocycles. The van der Waals surface area contributed by atoms with Crippen LogP contribution in [-0.4, -0.2) is 11.6 Å². The van der Waals surface area contributed by atoms with E-state index in [1.54, 1.807) is 0 Å². The first-order chi connectivity index (χ1) is 16.0. The Morgan fingerprint density at radius 2 is 1.67 bits per heavy atom. The van der Waals surface area contributed by atoms with E-state index in [1.807, 2.05) is 12.1 Å². The second-order valence-corrected chi connectivity index (χ2v) is 8.82. The molecule has 3 aromatic carbocycles. The molecule has 0 atom stereocenters. The average molecular weight is 470 g/mol. The van der Waals surface area contributed by atoms with Crippen LogP contribution in [0.3, 0.4) is 0 Å². The highest BCUT2D eigenvalue weighted by molar-refractivity contribution is 7.16. The molecule has 5 rings (SSSR count). The highest BCUT2D eigenvalue weighted by atomic mass is 32.1. The van der Waals surface area contributed by atoms with Crippen molar-refractivity contribution in [3.63, 3.8) is 0 Å². The van der Waals surface area contributed by atoms with Crippen molar-refractivity contribution >= 4 is 16.5 Å². The highest BCUT2D eigenvalue weighted by Crippen LogP contribution is 2.36. The van der Waals surface area contributed by atoms with E-state index in [-0.39, 0.29) is 17.7 Å². The molecule has 1 aliphatic heterocycles. The predicted octanol–water partition coefficient (Wildman–Crippen LogP) is 6.50. The van der Waals surface area contributed by atoms with Gasteiger partial charge in [-0.2, -0.15) is 0 Å². The molecule has 1 aliphatic rings. The van der Waals surface area contributed by atoms with Gasteiger partial charge in [-0.15, -0.1) is 11.3 Å². The Morgan fingerprint density at radius 1 is 0.909 bits per heavy atom. The summed E-state index contributed by atoms with van der Waals surface area (Å²) in [5, 5.41) is 3.66. The first-order valence-electron chi connectivity index (χ1n) is 10.3. The minimum absolute atomic E-state index is 0.0767. The van der Waals surface area contributed by atoms with Crippen molar-refractivity contribution in [2.24, 2.45) is 0 Å². The number of rotatable bonds is 6. The number of halogens is 4. The van der Waals surface area contributed by atoms with Crippen molar-refractivity contribution in [1.82, 2.24) is 4.98 Å². The first kappa shape index (κ1) is 21.5. The van der Waals surface area contributed by atoms with Gasteiger partial charge in [-0.25, -0.2) is 22.5 Å². The molecule has 4 aromatic rings. The zero-order valence-corrected chi connectivity index (χ0v) is 18.1. The Balaban J connectivity index is 1.47. The third-order valence-corrected chi connectivity index (χ3v) is 6.39. The van der Waals surface area contributed by atoms with Gasteiger partial charge in [0.1, 0.15) is 29.0 Å². The van der Waals surface area contributed by atoms with Gasteiger partial charge in [0, 0.05) is 30.3 Å². The number of thiazole rings is 1. The number of benzene rings is 3. The van der Waals surface area contributed by atoms with Crippen LogP contribution in [-0.2, 0) is 19.4 Å². The van der Waals surface area contributed by atoms with Crippen molar-refractivity contribution in [3.8, 4) is 17.0 Å². The van der Waals surface area contributed by atoms with Gasteiger partial charge in [0.25, 0.3) is 0 Å². The summed E-state index contributed by atoms with van der Waals surface area (Å²) in [6.07, 6.45) is 0.929. The predicted molar refractivity (Wildman–Crippen MR) is 120 cm³/mol. The lowest BCUT2D eigenvalue weighted by Crippen LogP contribution is -2.00. The third kappa shape index (κ3) is 4.57. The van der Waals surface area contributed by atoms with Crippen LogP contribution in [0.1, 0.15) is 21.6 Å². The molecule has 168 valence electrons. The number of fused-ring (bicyclic) bond motifs is 1. The summed E-state index contributed by atoms with van der Waals surface area (Å²) in [5.74, 6) is -2.05. The van der Waals surface area contributed by atoms with Gasteiger partial charge in [-0.3, -0.25) is 0 Å². The number of nitrogens with one attached hydrogen (secondary N) is 1. The Labute approximate surface area is 191 Å². The molecule has 0 aliphatic carbocycles. The SMILES string of the molecule is Fc1cc(F)cc(Cc2sc(NCc3ccc4c(c3)CCO4)nc2-c2c(F)cccc2F)c1. The fourth-order valence-electron chi connectivity index (χ4n) is 3.89. The minimum Gasteiger partial charge on any atom is -0.493 e. The summed E-state index contributed by atoms with van der Waals surface area (Å²) in [4.78, 5) is 4.94. The van der Waals surface area contributed by atoms with Crippen molar-refractivity contribution in [1.29, 1.82) is 0 Å². The fraction of sp³-hybridized carbons (Fsp3) is 0.160. The van der Waals surface area contributed by atoms with E-state index in [4.69, 9.17) is 4.74 Å². The Morgan fingerprint density at radius 3 is 2.42 bits per heavy atom. The number of hydrogen-bond acceptors (Lipinski definition) is 4. The second-order valence-electron chi connectivity index (χ2n) is 7.74. The number of aromatic nitrogens is 1. The molecule has 1 N–H and O–H groups in total. The van der Waals surface area contributed by atoms with Crippen molar-refractivity contribution in [3.05, 3.63) is 99.4 Å². The summed E-state index contributed by atoms with van der Waals surface area (Å²) >= 11 is 1.20. The maximum Gasteiger partial charge on any atom is 0.183 e. The summed E-state index contributed by atoms with van der Waals surface area (Å²) in [5.41, 5.74) is 2.35. The molecule has 0 saturated carbocycles. The standard InChI is InChI=1S/C25H18F4N2OS/c26-17-9-15(10-18(27)12-17)11-22-24(23-19(28)2-1-3-20(23)29)31-25(33-22)30-13-14-4-5-21-16(8-14)6-7-32-21/h1-5,8-10,12H,6-7,11,13H2,(H,30,31). The molecular formula is C25H18F4N2OS. The fourth-order valence-corrected chi connectivity index (χ4v) is 4.89. The maximum absolute atomic E-state index is 14.5. The van der Waals surface area contributed by atoms with E-state index in [0.717, 1.165) is 41.5 Å². The number of hydrogen-bond donors (Lipinski definition) is 1. The lowest BCUT2D eigenvalue weighted by molar-refractivity contribution is 0.357. The monoisotopic (exact) mass is 470 g/mol. The van der Waals surface area contributed by atoms with Gasteiger partial charge < -0.3 is 10.1 Å². The van der Waals surface area contributed by atoms with Gasteiger partial charge in [0.05, 0.1) is 17.9 Å². The Kier molecular flexibility index (Phi) is 5.76. The van der Waals surface area contributed by atoms with Crippen molar-refractivity contribution in [2.45, 2.75) is 19.4 Å². The molecule has 33 heavy (non-hydrogen) atoms. The van der Waals surface area contributed by atoms with Crippen LogP contribution >= 0.6 is 11.3 Å². The summed E-state index contributed by atoms with van der Waals surface area (Å²) in [7, 11) is 0. The molecule has 0 fully saturated rings. The van der Waals surface area contributed by atoms with Crippen molar-refractivity contribution in [2.75, 3.05) is 11.9 Å². The van der Waals surface area contributed by atoms with Gasteiger partial charge in [0.15, 0.2) is 5.13 Å². The van der Waals surface area contributed by atoms with E-state index < -0.39 is 23.3 Å². The first-order valence-corrected chi connectivity index (χ1v) is 11.2. The van der Waals surface area contributed by atoms with Crippen LogP contribution in [0, 0.1) is 23.3 Å². The Hall–Kier alpha value is -3.39. The number of ether oxygens (including phenoxy) is 1. The maximum atomic E-state index is 14.5. The molecule has 8 heteroatoms. The van der Waals surface area contributed by atoms with Crippen LogP contribution in [0.4, 0.5) is 22.7 Å². The summed E-state index contributed by atoms with van der Waals surface area (Å²) in [6, 6.07) is 12.7. The number of nitrogens with zero attached hydrogens (tertiary/aromatic N) is 1. The van der Waals surface area contributed by atoms with E-state index >= 15 is 0 Å². The average Bonchev–Trinajstić information content (AvgIpc) is 3.38. The topological polar surface area (TPSA) is 34.1 Å². The molecule has 0 radical (unpaired) electrons. The zero-order valence-electron chi connectivity index (χ0n) is 17.3. The van der Waals surface area contributed by atoms with Crippen LogP contribution in [0.2, 0.25) is 0 Å². The minimum atomic E-state index is -0.753. The molecule has 1 aromatic heterocycles. The molecule has 0 amide bonds. The van der Waals surface area contributed by atoms with Gasteiger partial charge in [0.2, 0.25) is 0 Å². The molecule has 0 bridgehead atoms. The van der Waals surface area contributed by atoms with Crippen LogP contribution < -0.4 is 10.1 Å². The third-order valence-electron chi connectivity index (χ3n) is 5.38. The molecule has 0 unspecified atom stereocenters. The lowest BCUT2D eigenvalue weighted by atomic mass is 10.0. The van der Waals surface area contributed by atoms with E-state index in [2.05, 4.69) is 16.4 Å². The smallest absolute Gasteiger partial charge is 0.183 e. The van der Waals surface area contributed by atoms with Gasteiger partial charge >= 0.3 is 0 Å². The number of anilines is 1. The van der Waals surface area contributed by atoms with Gasteiger partial charge in [-0.05, 0) is 47.0 Å². The van der Waals surface area contributed by atoms with Crippen molar-refractivity contribution < 1.29 is 22.3 Å². The highest BCUT2D eigenvalue weighted by Gasteiger charge is 2.21. The van der Waals surface area contributed by atoms with Crippen LogP contribution in [0.5, 0.6) is 5.75 Å². The van der Waals surface area contributed by atoms with E-state index in [1.165, 1.54) is 29.5 Å². The Bertz CT molecular complexity index is 1300. The largest absolute Gasteiger partial charge is 0.493 e. The van der Waals surface area contributed by atoms with E-state index in [9.17, 15) is 17.6 Å². The molecule has 0 spiro atoms. The summed E-state index contributed by atoms with van der Waals surface area (Å²) in [6.45, 7) is 1.12. The lowest BCUT2D eigenvalue weighted by Gasteiger charge is -2.06. The molecule has 0 saturated heterocycles. The second kappa shape index (κ2) is 8.86. The van der Waals surface area contributed by atoms with E-state index in [0.29, 0.717) is 28.7 Å². The molecule has 3 nitrogen and oxygen atoms in total. The van der Waals surface area contributed by atoms with Gasteiger partial charge in [-0.1, -0.05) is 18.2 Å². The molecular weight excluding hydrogens is 452 g/mol.